The Bertz CT molecular complexity index is 870. The van der Waals surface area contributed by atoms with Crippen LogP contribution in [0.5, 0.6) is 5.75 Å². The number of hydrogen-bond donors (Lipinski definition) is 2. The number of likely N-dealkylation sites (tertiary alicyclic amines) is 1. The van der Waals surface area contributed by atoms with Gasteiger partial charge in [-0.15, -0.1) is 11.6 Å². The number of carbonyl (C=O) groups excluding carboxylic acids is 1. The highest BCUT2D eigenvalue weighted by molar-refractivity contribution is 6.21. The SMILES string of the molecule is COc1cc(NCC2CC3CC(Cl)C(OCCCN4CCCCC4)CC3NC2=O)ccc1C#N. The summed E-state index contributed by atoms with van der Waals surface area (Å²) in [5.74, 6) is 0.871. The maximum atomic E-state index is 12.8. The smallest absolute Gasteiger partial charge is 0.225 e. The monoisotopic (exact) mass is 488 g/mol. The molecule has 7 nitrogen and oxygen atoms in total. The van der Waals surface area contributed by atoms with E-state index in [9.17, 15) is 4.79 Å². The quantitative estimate of drug-likeness (QED) is 0.406. The third kappa shape index (κ3) is 6.35. The first kappa shape index (κ1) is 25.1. The molecule has 0 bridgehead atoms. The van der Waals surface area contributed by atoms with Crippen LogP contribution >= 0.6 is 11.6 Å². The molecule has 186 valence electrons. The minimum Gasteiger partial charge on any atom is -0.495 e. The largest absolute Gasteiger partial charge is 0.495 e. The summed E-state index contributed by atoms with van der Waals surface area (Å²) in [7, 11) is 1.55. The molecule has 5 unspecified atom stereocenters. The average Bonchev–Trinajstić information content (AvgIpc) is 2.86. The summed E-state index contributed by atoms with van der Waals surface area (Å²) in [5.41, 5.74) is 1.33. The first-order valence-electron chi connectivity index (χ1n) is 12.7. The van der Waals surface area contributed by atoms with E-state index in [0.717, 1.165) is 44.5 Å². The van der Waals surface area contributed by atoms with E-state index in [1.54, 1.807) is 19.2 Å². The second-order valence-corrected chi connectivity index (χ2v) is 10.4. The topological polar surface area (TPSA) is 86.6 Å². The number of amides is 1. The number of piperidine rings is 2. The lowest BCUT2D eigenvalue weighted by Crippen LogP contribution is -2.56. The van der Waals surface area contributed by atoms with Crippen molar-refractivity contribution in [1.29, 1.82) is 5.26 Å². The molecular formula is C26H37ClN4O3. The van der Waals surface area contributed by atoms with Crippen LogP contribution in [0.4, 0.5) is 5.69 Å². The van der Waals surface area contributed by atoms with Crippen molar-refractivity contribution in [1.82, 2.24) is 10.2 Å². The van der Waals surface area contributed by atoms with Crippen molar-refractivity contribution >= 4 is 23.2 Å². The zero-order valence-electron chi connectivity index (χ0n) is 20.1. The number of alkyl halides is 1. The van der Waals surface area contributed by atoms with Crippen LogP contribution in [0.25, 0.3) is 0 Å². The molecule has 3 fully saturated rings. The van der Waals surface area contributed by atoms with E-state index in [4.69, 9.17) is 26.3 Å². The highest BCUT2D eigenvalue weighted by Crippen LogP contribution is 2.37. The van der Waals surface area contributed by atoms with Crippen molar-refractivity contribution in [2.45, 2.75) is 62.5 Å². The van der Waals surface area contributed by atoms with Gasteiger partial charge in [-0.2, -0.15) is 5.26 Å². The van der Waals surface area contributed by atoms with E-state index >= 15 is 0 Å². The molecule has 2 aliphatic heterocycles. The normalized spacial score (nSPS) is 29.6. The molecule has 1 aromatic carbocycles. The average molecular weight is 489 g/mol. The van der Waals surface area contributed by atoms with Gasteiger partial charge >= 0.3 is 0 Å². The third-order valence-electron chi connectivity index (χ3n) is 7.55. The van der Waals surface area contributed by atoms with E-state index in [1.165, 1.54) is 32.4 Å². The number of fused-ring (bicyclic) bond motifs is 1. The second-order valence-electron chi connectivity index (χ2n) is 9.87. The number of nitrogens with one attached hydrogen (secondary N) is 2. The van der Waals surface area contributed by atoms with Gasteiger partial charge in [0.25, 0.3) is 0 Å². The van der Waals surface area contributed by atoms with Gasteiger partial charge in [0, 0.05) is 37.5 Å². The standard InChI is InChI=1S/C26H37ClN4O3/c1-33-24-14-21(7-6-18(24)16-28)29-17-20-12-19-13-22(27)25(15-23(19)30-26(20)32)34-11-5-10-31-8-3-2-4-9-31/h6-7,14,19-20,22-23,25,29H,2-5,8-13,15,17H2,1H3,(H,30,32). The van der Waals surface area contributed by atoms with Crippen molar-refractivity contribution in [3.8, 4) is 11.8 Å². The molecule has 2 heterocycles. The van der Waals surface area contributed by atoms with Crippen LogP contribution in [0.1, 0.15) is 50.5 Å². The first-order chi connectivity index (χ1) is 16.6. The van der Waals surface area contributed by atoms with Crippen LogP contribution in [-0.2, 0) is 9.53 Å². The van der Waals surface area contributed by atoms with Gasteiger partial charge in [0.1, 0.15) is 11.8 Å². The molecule has 1 aromatic rings. The summed E-state index contributed by atoms with van der Waals surface area (Å²) < 4.78 is 11.5. The molecule has 3 aliphatic rings. The number of anilines is 1. The fourth-order valence-corrected chi connectivity index (χ4v) is 6.00. The van der Waals surface area contributed by atoms with E-state index < -0.39 is 0 Å². The van der Waals surface area contributed by atoms with Gasteiger partial charge in [0.2, 0.25) is 5.91 Å². The van der Waals surface area contributed by atoms with Gasteiger partial charge in [-0.1, -0.05) is 6.42 Å². The molecular weight excluding hydrogens is 452 g/mol. The Kier molecular flexibility index (Phi) is 8.93. The van der Waals surface area contributed by atoms with Gasteiger partial charge < -0.3 is 25.0 Å². The number of benzene rings is 1. The third-order valence-corrected chi connectivity index (χ3v) is 8.01. The molecule has 0 aromatic heterocycles. The lowest BCUT2D eigenvalue weighted by atomic mass is 9.74. The maximum Gasteiger partial charge on any atom is 0.225 e. The molecule has 1 saturated carbocycles. The van der Waals surface area contributed by atoms with Gasteiger partial charge in [-0.25, -0.2) is 0 Å². The number of nitrogens with zero attached hydrogens (tertiary/aromatic N) is 2. The summed E-state index contributed by atoms with van der Waals surface area (Å²) in [5, 5.41) is 15.7. The van der Waals surface area contributed by atoms with E-state index in [1.807, 2.05) is 6.07 Å². The zero-order chi connectivity index (χ0) is 23.9. The Morgan fingerprint density at radius 1 is 1.24 bits per heavy atom. The number of rotatable bonds is 9. The predicted octanol–water partition coefficient (Wildman–Crippen LogP) is 3.76. The number of nitriles is 1. The van der Waals surface area contributed by atoms with Crippen LogP contribution in [0.15, 0.2) is 18.2 Å². The summed E-state index contributed by atoms with van der Waals surface area (Å²) in [4.78, 5) is 15.4. The molecule has 4 rings (SSSR count). The molecule has 0 radical (unpaired) electrons. The molecule has 2 saturated heterocycles. The highest BCUT2D eigenvalue weighted by atomic mass is 35.5. The number of ether oxygens (including phenoxy) is 2. The van der Waals surface area contributed by atoms with Crippen molar-refractivity contribution in [3.05, 3.63) is 23.8 Å². The minimum absolute atomic E-state index is 0.00496. The molecule has 34 heavy (non-hydrogen) atoms. The van der Waals surface area contributed by atoms with Crippen LogP contribution in [-0.4, -0.2) is 68.2 Å². The van der Waals surface area contributed by atoms with E-state index in [-0.39, 0.29) is 29.3 Å². The molecule has 1 aliphatic carbocycles. The van der Waals surface area contributed by atoms with Gasteiger partial charge in [0.15, 0.2) is 0 Å². The van der Waals surface area contributed by atoms with Gasteiger partial charge in [-0.3, -0.25) is 4.79 Å². The molecule has 5 atom stereocenters. The fraction of sp³-hybridized carbons (Fsp3) is 0.692. The van der Waals surface area contributed by atoms with Crippen LogP contribution in [0, 0.1) is 23.2 Å². The highest BCUT2D eigenvalue weighted by Gasteiger charge is 2.43. The minimum atomic E-state index is -0.117. The van der Waals surface area contributed by atoms with Crippen LogP contribution in [0.3, 0.4) is 0 Å². The van der Waals surface area contributed by atoms with Gasteiger partial charge in [-0.05, 0) is 69.7 Å². The van der Waals surface area contributed by atoms with Crippen molar-refractivity contribution < 1.29 is 14.3 Å². The second kappa shape index (κ2) is 12.1. The number of methoxy groups -OCH3 is 1. The van der Waals surface area contributed by atoms with E-state index in [0.29, 0.717) is 23.8 Å². The lowest BCUT2D eigenvalue weighted by Gasteiger charge is -2.44. The number of hydrogen-bond acceptors (Lipinski definition) is 6. The summed E-state index contributed by atoms with van der Waals surface area (Å²) >= 11 is 6.75. The molecule has 1 amide bonds. The Morgan fingerprint density at radius 2 is 2.06 bits per heavy atom. The Labute approximate surface area is 208 Å². The first-order valence-corrected chi connectivity index (χ1v) is 13.1. The van der Waals surface area contributed by atoms with Gasteiger partial charge in [0.05, 0.1) is 30.1 Å². The lowest BCUT2D eigenvalue weighted by molar-refractivity contribution is -0.130. The van der Waals surface area contributed by atoms with Crippen molar-refractivity contribution in [2.24, 2.45) is 11.8 Å². The van der Waals surface area contributed by atoms with Crippen LogP contribution in [0.2, 0.25) is 0 Å². The Morgan fingerprint density at radius 3 is 2.82 bits per heavy atom. The van der Waals surface area contributed by atoms with Crippen molar-refractivity contribution in [2.75, 3.05) is 45.2 Å². The van der Waals surface area contributed by atoms with Crippen LogP contribution < -0.4 is 15.4 Å². The Hall–Kier alpha value is -2.01. The summed E-state index contributed by atoms with van der Waals surface area (Å²) in [6.45, 7) is 4.80. The number of carbonyl (C=O) groups is 1. The Balaban J connectivity index is 1.22. The predicted molar refractivity (Wildman–Crippen MR) is 133 cm³/mol. The van der Waals surface area contributed by atoms with E-state index in [2.05, 4.69) is 21.6 Å². The molecule has 8 heteroatoms. The summed E-state index contributed by atoms with van der Waals surface area (Å²) in [6.07, 6.45) is 7.51. The maximum absolute atomic E-state index is 12.8. The molecule has 2 N–H and O–H groups in total. The molecule has 0 spiro atoms. The fourth-order valence-electron chi connectivity index (χ4n) is 5.59. The number of halogens is 1. The van der Waals surface area contributed by atoms with Crippen molar-refractivity contribution in [3.63, 3.8) is 0 Å². The summed E-state index contributed by atoms with van der Waals surface area (Å²) in [6, 6.07) is 7.62. The zero-order valence-corrected chi connectivity index (χ0v) is 20.9.